The molecule has 0 bridgehead atoms. The predicted molar refractivity (Wildman–Crippen MR) is 104 cm³/mol. The molecule has 0 N–H and O–H groups in total. The topological polar surface area (TPSA) is 35.5 Å². The molecule has 3 rings (SSSR count). The lowest BCUT2D eigenvalue weighted by molar-refractivity contribution is 0.0974. The van der Waals surface area contributed by atoms with Crippen molar-refractivity contribution in [2.24, 2.45) is 0 Å². The van der Waals surface area contributed by atoms with Gasteiger partial charge in [0.05, 0.1) is 20.1 Å². The summed E-state index contributed by atoms with van der Waals surface area (Å²) in [6.45, 7) is 0. The molecule has 0 aliphatic heterocycles. The third-order valence-corrected chi connectivity index (χ3v) is 4.54. The standard InChI is InChI=1S/C22H19ClO3/c1-25-19-11-5-15(6-12-19)21(16-7-13-20(26-2)14-8-16)22(24)17-3-9-18(23)10-4-17/h3-14,21H,1-2H3. The van der Waals surface area contributed by atoms with Gasteiger partial charge in [0.25, 0.3) is 0 Å². The van der Waals surface area contributed by atoms with Crippen molar-refractivity contribution in [1.82, 2.24) is 0 Å². The van der Waals surface area contributed by atoms with Gasteiger partial charge in [-0.15, -0.1) is 0 Å². The van der Waals surface area contributed by atoms with Crippen LogP contribution in [0.15, 0.2) is 72.8 Å². The summed E-state index contributed by atoms with van der Waals surface area (Å²) in [7, 11) is 3.24. The van der Waals surface area contributed by atoms with E-state index in [2.05, 4.69) is 0 Å². The fraction of sp³-hybridized carbons (Fsp3) is 0.136. The summed E-state index contributed by atoms with van der Waals surface area (Å²) in [5.41, 5.74) is 2.41. The number of benzene rings is 3. The maximum absolute atomic E-state index is 13.3. The number of ether oxygens (including phenoxy) is 2. The van der Waals surface area contributed by atoms with Crippen LogP contribution in [-0.4, -0.2) is 20.0 Å². The minimum atomic E-state index is -0.423. The molecule has 0 amide bonds. The third-order valence-electron chi connectivity index (χ3n) is 4.29. The number of hydrogen-bond acceptors (Lipinski definition) is 3. The van der Waals surface area contributed by atoms with Gasteiger partial charge in [-0.3, -0.25) is 4.79 Å². The Morgan fingerprint density at radius 1 is 0.731 bits per heavy atom. The average Bonchev–Trinajstić information content (AvgIpc) is 2.69. The SMILES string of the molecule is COc1ccc(C(C(=O)c2ccc(Cl)cc2)c2ccc(OC)cc2)cc1. The van der Waals surface area contributed by atoms with Crippen molar-refractivity contribution >= 4 is 17.4 Å². The van der Waals surface area contributed by atoms with Crippen LogP contribution in [0.4, 0.5) is 0 Å². The van der Waals surface area contributed by atoms with Crippen molar-refractivity contribution in [3.63, 3.8) is 0 Å². The van der Waals surface area contributed by atoms with Crippen molar-refractivity contribution in [2.75, 3.05) is 14.2 Å². The molecule has 3 aromatic carbocycles. The highest BCUT2D eigenvalue weighted by atomic mass is 35.5. The van der Waals surface area contributed by atoms with Crippen molar-refractivity contribution in [3.8, 4) is 11.5 Å². The number of ketones is 1. The van der Waals surface area contributed by atoms with E-state index in [4.69, 9.17) is 21.1 Å². The number of hydrogen-bond donors (Lipinski definition) is 0. The van der Waals surface area contributed by atoms with Gasteiger partial charge in [0.15, 0.2) is 5.78 Å². The van der Waals surface area contributed by atoms with Crippen LogP contribution in [0.3, 0.4) is 0 Å². The summed E-state index contributed by atoms with van der Waals surface area (Å²) >= 11 is 5.96. The van der Waals surface area contributed by atoms with Gasteiger partial charge in [-0.1, -0.05) is 35.9 Å². The smallest absolute Gasteiger partial charge is 0.174 e. The lowest BCUT2D eigenvalue weighted by Crippen LogP contribution is -2.14. The number of Topliss-reactive ketones (excluding diaryl/α,β-unsaturated/α-hetero) is 1. The zero-order chi connectivity index (χ0) is 18.5. The van der Waals surface area contributed by atoms with Gasteiger partial charge in [-0.2, -0.15) is 0 Å². The van der Waals surface area contributed by atoms with E-state index in [1.165, 1.54) is 0 Å². The van der Waals surface area contributed by atoms with E-state index < -0.39 is 5.92 Å². The molecule has 3 aromatic rings. The minimum absolute atomic E-state index is 0.0111. The summed E-state index contributed by atoms with van der Waals surface area (Å²) < 4.78 is 10.5. The summed E-state index contributed by atoms with van der Waals surface area (Å²) in [4.78, 5) is 13.3. The summed E-state index contributed by atoms with van der Waals surface area (Å²) in [6.07, 6.45) is 0. The molecular weight excluding hydrogens is 348 g/mol. The Kier molecular flexibility index (Phi) is 5.59. The first kappa shape index (κ1) is 18.0. The molecule has 0 radical (unpaired) electrons. The Balaban J connectivity index is 2.04. The number of carbonyl (C=O) groups excluding carboxylic acids is 1. The summed E-state index contributed by atoms with van der Waals surface area (Å²) in [6, 6.07) is 22.1. The molecule has 0 aliphatic carbocycles. The molecule has 0 fully saturated rings. The first-order chi connectivity index (χ1) is 12.6. The fourth-order valence-corrected chi connectivity index (χ4v) is 2.99. The zero-order valence-electron chi connectivity index (χ0n) is 14.6. The summed E-state index contributed by atoms with van der Waals surface area (Å²) in [5.74, 6) is 1.09. The van der Waals surface area contributed by atoms with Gasteiger partial charge >= 0.3 is 0 Å². The zero-order valence-corrected chi connectivity index (χ0v) is 15.4. The molecule has 0 atom stereocenters. The van der Waals surface area contributed by atoms with Crippen LogP contribution in [0.1, 0.15) is 27.4 Å². The maximum atomic E-state index is 13.3. The Morgan fingerprint density at radius 2 is 1.15 bits per heavy atom. The largest absolute Gasteiger partial charge is 0.497 e. The van der Waals surface area contributed by atoms with Crippen molar-refractivity contribution in [1.29, 1.82) is 0 Å². The van der Waals surface area contributed by atoms with E-state index >= 15 is 0 Å². The molecule has 26 heavy (non-hydrogen) atoms. The first-order valence-corrected chi connectivity index (χ1v) is 8.58. The monoisotopic (exact) mass is 366 g/mol. The first-order valence-electron chi connectivity index (χ1n) is 8.20. The highest BCUT2D eigenvalue weighted by Gasteiger charge is 2.24. The van der Waals surface area contributed by atoms with E-state index in [-0.39, 0.29) is 5.78 Å². The van der Waals surface area contributed by atoms with Crippen LogP contribution in [0.5, 0.6) is 11.5 Å². The van der Waals surface area contributed by atoms with Gasteiger partial charge in [-0.05, 0) is 59.7 Å². The van der Waals surface area contributed by atoms with Crippen molar-refractivity contribution in [2.45, 2.75) is 5.92 Å². The highest BCUT2D eigenvalue weighted by molar-refractivity contribution is 6.30. The van der Waals surface area contributed by atoms with E-state index in [1.54, 1.807) is 38.5 Å². The van der Waals surface area contributed by atoms with Crippen LogP contribution in [0.2, 0.25) is 5.02 Å². The van der Waals surface area contributed by atoms with E-state index in [0.717, 1.165) is 22.6 Å². The van der Waals surface area contributed by atoms with Gasteiger partial charge < -0.3 is 9.47 Å². The molecule has 0 aromatic heterocycles. The van der Waals surface area contributed by atoms with Crippen LogP contribution >= 0.6 is 11.6 Å². The quantitative estimate of drug-likeness (QED) is 0.550. The molecule has 0 unspecified atom stereocenters. The summed E-state index contributed by atoms with van der Waals surface area (Å²) in [5, 5.41) is 0.604. The second-order valence-electron chi connectivity index (χ2n) is 5.85. The Morgan fingerprint density at radius 3 is 1.54 bits per heavy atom. The molecule has 0 heterocycles. The van der Waals surface area contributed by atoms with E-state index in [1.807, 2.05) is 48.5 Å². The van der Waals surface area contributed by atoms with Crippen molar-refractivity contribution < 1.29 is 14.3 Å². The van der Waals surface area contributed by atoms with Crippen LogP contribution < -0.4 is 9.47 Å². The average molecular weight is 367 g/mol. The Bertz CT molecular complexity index is 821. The normalized spacial score (nSPS) is 10.6. The Hall–Kier alpha value is -2.78. The van der Waals surface area contributed by atoms with Gasteiger partial charge in [-0.25, -0.2) is 0 Å². The number of carbonyl (C=O) groups is 1. The lowest BCUT2D eigenvalue weighted by Gasteiger charge is -2.18. The molecule has 3 nitrogen and oxygen atoms in total. The third kappa shape index (κ3) is 3.89. The van der Waals surface area contributed by atoms with E-state index in [9.17, 15) is 4.79 Å². The molecule has 0 spiro atoms. The predicted octanol–water partition coefficient (Wildman–Crippen LogP) is 5.37. The van der Waals surface area contributed by atoms with Crippen molar-refractivity contribution in [3.05, 3.63) is 94.5 Å². The number of halogens is 1. The number of rotatable bonds is 6. The van der Waals surface area contributed by atoms with Crippen LogP contribution in [0, 0.1) is 0 Å². The minimum Gasteiger partial charge on any atom is -0.497 e. The fourth-order valence-electron chi connectivity index (χ4n) is 2.87. The molecule has 132 valence electrons. The second kappa shape index (κ2) is 8.07. The molecule has 0 saturated heterocycles. The van der Waals surface area contributed by atoms with Crippen LogP contribution in [0.25, 0.3) is 0 Å². The molecule has 0 saturated carbocycles. The molecule has 0 aliphatic rings. The van der Waals surface area contributed by atoms with Gasteiger partial charge in [0, 0.05) is 10.6 Å². The van der Waals surface area contributed by atoms with E-state index in [0.29, 0.717) is 10.6 Å². The second-order valence-corrected chi connectivity index (χ2v) is 6.29. The van der Waals surface area contributed by atoms with Gasteiger partial charge in [0.2, 0.25) is 0 Å². The molecule has 4 heteroatoms. The highest BCUT2D eigenvalue weighted by Crippen LogP contribution is 2.31. The van der Waals surface area contributed by atoms with Crippen LogP contribution in [-0.2, 0) is 0 Å². The maximum Gasteiger partial charge on any atom is 0.174 e. The molecular formula is C22H19ClO3. The van der Waals surface area contributed by atoms with Gasteiger partial charge in [0.1, 0.15) is 11.5 Å². The lowest BCUT2D eigenvalue weighted by atomic mass is 9.85. The number of methoxy groups -OCH3 is 2. The Labute approximate surface area is 158 Å².